The van der Waals surface area contributed by atoms with Crippen LogP contribution < -0.4 is 10.6 Å². The van der Waals surface area contributed by atoms with E-state index in [2.05, 4.69) is 36.4 Å². The maximum absolute atomic E-state index is 12.3. The van der Waals surface area contributed by atoms with E-state index in [-0.39, 0.29) is 17.2 Å². The molecule has 1 unspecified atom stereocenters. The van der Waals surface area contributed by atoms with Gasteiger partial charge in [-0.15, -0.1) is 11.3 Å². The van der Waals surface area contributed by atoms with Crippen LogP contribution in [0, 0.1) is 5.92 Å². The van der Waals surface area contributed by atoms with Crippen molar-refractivity contribution in [1.82, 2.24) is 10.3 Å². The molecule has 1 atom stereocenters. The van der Waals surface area contributed by atoms with Crippen LogP contribution in [-0.2, 0) is 10.2 Å². The summed E-state index contributed by atoms with van der Waals surface area (Å²) in [6.07, 6.45) is 2.04. The standard InChI is InChI=1S/C17H23N3OS/c1-17(2,3)16-20-13-7-6-12(9-14(13)22-16)19-15(21)11-5-4-8-18-10-11/h6-7,9,11,18H,4-5,8,10H2,1-3H3,(H,19,21). The molecule has 0 spiro atoms. The quantitative estimate of drug-likeness (QED) is 0.891. The van der Waals surface area contributed by atoms with Gasteiger partial charge in [-0.05, 0) is 37.6 Å². The molecular weight excluding hydrogens is 294 g/mol. The van der Waals surface area contributed by atoms with Crippen molar-refractivity contribution in [3.05, 3.63) is 23.2 Å². The minimum atomic E-state index is 0.0564. The Bertz CT molecular complexity index is 681. The van der Waals surface area contributed by atoms with E-state index < -0.39 is 0 Å². The maximum atomic E-state index is 12.3. The van der Waals surface area contributed by atoms with Crippen molar-refractivity contribution in [2.45, 2.75) is 39.0 Å². The summed E-state index contributed by atoms with van der Waals surface area (Å²) in [6, 6.07) is 5.98. The lowest BCUT2D eigenvalue weighted by Crippen LogP contribution is -2.37. The average Bonchev–Trinajstić information content (AvgIpc) is 2.91. The number of amides is 1. The van der Waals surface area contributed by atoms with E-state index in [1.165, 1.54) is 0 Å². The van der Waals surface area contributed by atoms with Gasteiger partial charge < -0.3 is 10.6 Å². The van der Waals surface area contributed by atoms with E-state index in [9.17, 15) is 4.79 Å². The van der Waals surface area contributed by atoms with Crippen LogP contribution in [0.4, 0.5) is 5.69 Å². The summed E-state index contributed by atoms with van der Waals surface area (Å²) in [5, 5.41) is 7.46. The molecule has 5 heteroatoms. The molecule has 2 aromatic rings. The van der Waals surface area contributed by atoms with Crippen LogP contribution in [0.5, 0.6) is 0 Å². The summed E-state index contributed by atoms with van der Waals surface area (Å²) in [5.41, 5.74) is 1.93. The highest BCUT2D eigenvalue weighted by molar-refractivity contribution is 7.18. The summed E-state index contributed by atoms with van der Waals surface area (Å²) in [4.78, 5) is 17.0. The molecule has 1 amide bonds. The van der Waals surface area contributed by atoms with Crippen LogP contribution in [0.15, 0.2) is 18.2 Å². The van der Waals surface area contributed by atoms with Gasteiger partial charge >= 0.3 is 0 Å². The SMILES string of the molecule is CC(C)(C)c1nc2ccc(NC(=O)C3CCCNC3)cc2s1. The number of nitrogens with zero attached hydrogens (tertiary/aromatic N) is 1. The second-order valence-corrected chi connectivity index (χ2v) is 8.01. The first-order valence-electron chi connectivity index (χ1n) is 7.86. The van der Waals surface area contributed by atoms with E-state index >= 15 is 0 Å². The topological polar surface area (TPSA) is 54.0 Å². The molecule has 2 N–H and O–H groups in total. The van der Waals surface area contributed by atoms with Gasteiger partial charge in [0.1, 0.15) is 0 Å². The number of carbonyl (C=O) groups excluding carboxylic acids is 1. The number of fused-ring (bicyclic) bond motifs is 1. The smallest absolute Gasteiger partial charge is 0.228 e. The number of piperidine rings is 1. The Labute approximate surface area is 135 Å². The third-order valence-corrected chi connectivity index (χ3v) is 5.41. The molecule has 2 heterocycles. The predicted octanol–water partition coefficient (Wildman–Crippen LogP) is 3.53. The third kappa shape index (κ3) is 3.31. The van der Waals surface area contributed by atoms with Crippen molar-refractivity contribution in [2.24, 2.45) is 5.92 Å². The second kappa shape index (κ2) is 5.97. The molecule has 0 radical (unpaired) electrons. The number of hydrogen-bond donors (Lipinski definition) is 2. The van der Waals surface area contributed by atoms with Crippen LogP contribution >= 0.6 is 11.3 Å². The minimum absolute atomic E-state index is 0.0564. The molecule has 1 aromatic heterocycles. The van der Waals surface area contributed by atoms with Crippen LogP contribution in [0.1, 0.15) is 38.6 Å². The highest BCUT2D eigenvalue weighted by Gasteiger charge is 2.22. The highest BCUT2D eigenvalue weighted by Crippen LogP contribution is 2.32. The summed E-state index contributed by atoms with van der Waals surface area (Å²) >= 11 is 1.71. The maximum Gasteiger partial charge on any atom is 0.228 e. The largest absolute Gasteiger partial charge is 0.326 e. The zero-order valence-corrected chi connectivity index (χ0v) is 14.2. The summed E-state index contributed by atoms with van der Waals surface area (Å²) in [5.74, 6) is 0.197. The second-order valence-electron chi connectivity index (χ2n) is 6.98. The number of benzene rings is 1. The highest BCUT2D eigenvalue weighted by atomic mass is 32.1. The molecule has 1 aliphatic heterocycles. The van der Waals surface area contributed by atoms with E-state index in [1.54, 1.807) is 11.3 Å². The number of carbonyl (C=O) groups is 1. The number of hydrogen-bond acceptors (Lipinski definition) is 4. The Kier molecular flexibility index (Phi) is 4.19. The van der Waals surface area contributed by atoms with Gasteiger partial charge in [-0.25, -0.2) is 4.98 Å². The Morgan fingerprint density at radius 1 is 1.41 bits per heavy atom. The lowest BCUT2D eigenvalue weighted by molar-refractivity contribution is -0.120. The van der Waals surface area contributed by atoms with Gasteiger partial charge in [-0.2, -0.15) is 0 Å². The lowest BCUT2D eigenvalue weighted by Gasteiger charge is -2.21. The first kappa shape index (κ1) is 15.4. The zero-order valence-electron chi connectivity index (χ0n) is 13.4. The fraction of sp³-hybridized carbons (Fsp3) is 0.529. The molecule has 0 bridgehead atoms. The molecule has 1 fully saturated rings. The van der Waals surface area contributed by atoms with Crippen LogP contribution in [-0.4, -0.2) is 24.0 Å². The Hall–Kier alpha value is -1.46. The summed E-state index contributed by atoms with van der Waals surface area (Å²) < 4.78 is 1.13. The summed E-state index contributed by atoms with van der Waals surface area (Å²) in [7, 11) is 0. The number of nitrogens with one attached hydrogen (secondary N) is 2. The predicted molar refractivity (Wildman–Crippen MR) is 92.5 cm³/mol. The fourth-order valence-electron chi connectivity index (χ4n) is 2.64. The number of rotatable bonds is 2. The Morgan fingerprint density at radius 3 is 2.91 bits per heavy atom. The van der Waals surface area contributed by atoms with Crippen molar-refractivity contribution in [2.75, 3.05) is 18.4 Å². The van der Waals surface area contributed by atoms with Crippen molar-refractivity contribution in [3.8, 4) is 0 Å². The van der Waals surface area contributed by atoms with Gasteiger partial charge in [0.05, 0.1) is 21.1 Å². The molecule has 1 saturated heterocycles. The van der Waals surface area contributed by atoms with Crippen LogP contribution in [0.3, 0.4) is 0 Å². The van der Waals surface area contributed by atoms with E-state index in [0.717, 1.165) is 46.8 Å². The Balaban J connectivity index is 1.78. The molecular formula is C17H23N3OS. The van der Waals surface area contributed by atoms with Gasteiger partial charge in [0.15, 0.2) is 0 Å². The van der Waals surface area contributed by atoms with E-state index in [0.29, 0.717) is 0 Å². The van der Waals surface area contributed by atoms with Crippen molar-refractivity contribution in [1.29, 1.82) is 0 Å². The van der Waals surface area contributed by atoms with Gasteiger partial charge in [0.25, 0.3) is 0 Å². The van der Waals surface area contributed by atoms with Crippen LogP contribution in [0.2, 0.25) is 0 Å². The molecule has 1 aliphatic rings. The van der Waals surface area contributed by atoms with Crippen molar-refractivity contribution in [3.63, 3.8) is 0 Å². The first-order chi connectivity index (χ1) is 10.4. The van der Waals surface area contributed by atoms with Gasteiger partial charge in [-0.3, -0.25) is 4.79 Å². The molecule has 0 aliphatic carbocycles. The normalized spacial score (nSPS) is 19.3. The average molecular weight is 317 g/mol. The molecule has 3 rings (SSSR count). The van der Waals surface area contributed by atoms with Gasteiger partial charge in [-0.1, -0.05) is 20.8 Å². The fourth-order valence-corrected chi connectivity index (χ4v) is 3.71. The monoisotopic (exact) mass is 317 g/mol. The Morgan fingerprint density at radius 2 is 2.23 bits per heavy atom. The summed E-state index contributed by atoms with van der Waals surface area (Å²) in [6.45, 7) is 8.31. The first-order valence-corrected chi connectivity index (χ1v) is 8.68. The number of thiazole rings is 1. The third-order valence-electron chi connectivity index (χ3n) is 3.97. The number of anilines is 1. The zero-order chi connectivity index (χ0) is 15.7. The van der Waals surface area contributed by atoms with Gasteiger partial charge in [0.2, 0.25) is 5.91 Å². The van der Waals surface area contributed by atoms with Crippen molar-refractivity contribution < 1.29 is 4.79 Å². The van der Waals surface area contributed by atoms with Gasteiger partial charge in [0, 0.05) is 17.6 Å². The van der Waals surface area contributed by atoms with E-state index in [1.807, 2.05) is 18.2 Å². The molecule has 118 valence electrons. The van der Waals surface area contributed by atoms with Crippen molar-refractivity contribution >= 4 is 33.1 Å². The number of aromatic nitrogens is 1. The lowest BCUT2D eigenvalue weighted by atomic mass is 9.98. The molecule has 4 nitrogen and oxygen atoms in total. The minimum Gasteiger partial charge on any atom is -0.326 e. The molecule has 22 heavy (non-hydrogen) atoms. The molecule has 1 aromatic carbocycles. The van der Waals surface area contributed by atoms with Crippen LogP contribution in [0.25, 0.3) is 10.2 Å². The molecule has 0 saturated carbocycles. The van der Waals surface area contributed by atoms with E-state index in [4.69, 9.17) is 0 Å².